The molecular formula is C34H33F3N8. The minimum absolute atomic E-state index is 0.00455. The van der Waals surface area contributed by atoms with Crippen LogP contribution in [0.1, 0.15) is 61.9 Å². The largest absolute Gasteiger partial charge is 0.413 e. The zero-order valence-electron chi connectivity index (χ0n) is 25.4. The Morgan fingerprint density at radius 1 is 1.13 bits per heavy atom. The van der Waals surface area contributed by atoms with Crippen LogP contribution in [-0.2, 0) is 0 Å². The van der Waals surface area contributed by atoms with Crippen molar-refractivity contribution in [1.29, 1.82) is 5.26 Å². The first-order chi connectivity index (χ1) is 21.3. The van der Waals surface area contributed by atoms with Crippen LogP contribution in [0.15, 0.2) is 60.7 Å². The van der Waals surface area contributed by atoms with Crippen LogP contribution in [0.4, 0.5) is 24.5 Å². The average molecular weight is 611 g/mol. The number of fused-ring (bicyclic) bond motifs is 2. The number of terminal acetylenes is 1. The predicted octanol–water partition coefficient (Wildman–Crippen LogP) is 6.82. The fourth-order valence-corrected chi connectivity index (χ4v) is 5.75. The maximum absolute atomic E-state index is 14.1. The van der Waals surface area contributed by atoms with Gasteiger partial charge in [0.05, 0.1) is 39.6 Å². The number of pyridine rings is 2. The van der Waals surface area contributed by atoms with Gasteiger partial charge in [0.25, 0.3) is 0 Å². The van der Waals surface area contributed by atoms with Crippen molar-refractivity contribution < 1.29 is 13.2 Å². The van der Waals surface area contributed by atoms with E-state index in [0.29, 0.717) is 45.6 Å². The number of hydrazine groups is 2. The van der Waals surface area contributed by atoms with Crippen LogP contribution in [0.5, 0.6) is 0 Å². The number of benzene rings is 2. The predicted molar refractivity (Wildman–Crippen MR) is 169 cm³/mol. The molecule has 2 aromatic carbocycles. The summed E-state index contributed by atoms with van der Waals surface area (Å²) in [6, 6.07) is 12.8. The highest BCUT2D eigenvalue weighted by Gasteiger charge is 2.67. The van der Waals surface area contributed by atoms with Gasteiger partial charge in [-0.25, -0.2) is 0 Å². The maximum Gasteiger partial charge on any atom is 0.413 e. The summed E-state index contributed by atoms with van der Waals surface area (Å²) < 4.78 is 42.2. The number of nitrogens with zero attached hydrogens (tertiary/aromatic N) is 4. The van der Waals surface area contributed by atoms with Crippen LogP contribution in [0.25, 0.3) is 21.8 Å². The van der Waals surface area contributed by atoms with Crippen molar-refractivity contribution in [2.45, 2.75) is 58.3 Å². The molecule has 3 heterocycles. The molecule has 0 saturated heterocycles. The molecule has 1 fully saturated rings. The number of nitriles is 1. The summed E-state index contributed by atoms with van der Waals surface area (Å²) in [5.74, 6) is 2.70. The van der Waals surface area contributed by atoms with Crippen LogP contribution in [0, 0.1) is 36.0 Å². The van der Waals surface area contributed by atoms with Crippen molar-refractivity contribution in [3.05, 3.63) is 82.9 Å². The first-order valence-electron chi connectivity index (χ1n) is 14.6. The molecule has 4 N–H and O–H groups in total. The summed E-state index contributed by atoms with van der Waals surface area (Å²) >= 11 is 0. The van der Waals surface area contributed by atoms with E-state index in [-0.39, 0.29) is 18.3 Å². The number of aromatic nitrogens is 2. The highest BCUT2D eigenvalue weighted by Crippen LogP contribution is 2.54. The van der Waals surface area contributed by atoms with Crippen LogP contribution in [0.3, 0.4) is 0 Å². The number of halogens is 3. The Kier molecular flexibility index (Phi) is 7.25. The van der Waals surface area contributed by atoms with Crippen LogP contribution in [-0.4, -0.2) is 33.2 Å². The van der Waals surface area contributed by atoms with E-state index in [2.05, 4.69) is 64.3 Å². The number of anilines is 2. The van der Waals surface area contributed by atoms with Crippen molar-refractivity contribution in [3.63, 3.8) is 0 Å². The summed E-state index contributed by atoms with van der Waals surface area (Å²) in [5.41, 5.74) is 9.34. The highest BCUT2D eigenvalue weighted by molar-refractivity contribution is 5.99. The molecule has 4 aromatic rings. The molecule has 1 saturated carbocycles. The van der Waals surface area contributed by atoms with E-state index in [1.54, 1.807) is 18.5 Å². The third kappa shape index (κ3) is 5.45. The Labute approximate surface area is 259 Å². The molecule has 45 heavy (non-hydrogen) atoms. The fraction of sp³-hybridized carbons (Fsp3) is 0.324. The third-order valence-corrected chi connectivity index (χ3v) is 8.28. The van der Waals surface area contributed by atoms with E-state index in [9.17, 15) is 18.4 Å². The lowest BCUT2D eigenvalue weighted by molar-refractivity contribution is -0.195. The number of nitrogens with one attached hydrogen (secondary N) is 4. The van der Waals surface area contributed by atoms with Crippen molar-refractivity contribution in [2.75, 3.05) is 17.2 Å². The molecule has 0 bridgehead atoms. The summed E-state index contributed by atoms with van der Waals surface area (Å²) in [4.78, 5) is 9.05. The summed E-state index contributed by atoms with van der Waals surface area (Å²) in [7, 11) is 0. The third-order valence-electron chi connectivity index (χ3n) is 8.28. The zero-order valence-corrected chi connectivity index (χ0v) is 25.4. The molecule has 6 rings (SSSR count). The lowest BCUT2D eigenvalue weighted by Crippen LogP contribution is -2.52. The molecular weight excluding hydrogens is 577 g/mol. The number of hydrogen-bond donors (Lipinski definition) is 4. The van der Waals surface area contributed by atoms with Gasteiger partial charge in [-0.3, -0.25) is 15.0 Å². The van der Waals surface area contributed by atoms with Gasteiger partial charge in [0.1, 0.15) is 6.07 Å². The number of rotatable bonds is 7. The Balaban J connectivity index is 1.51. The minimum Gasteiger partial charge on any atom is -0.383 e. The zero-order chi connectivity index (χ0) is 32.1. The summed E-state index contributed by atoms with van der Waals surface area (Å²) in [6.45, 7) is 8.89. The molecule has 8 nitrogen and oxygen atoms in total. The Morgan fingerprint density at radius 3 is 2.58 bits per heavy atom. The van der Waals surface area contributed by atoms with Gasteiger partial charge in [0, 0.05) is 41.6 Å². The summed E-state index contributed by atoms with van der Waals surface area (Å²) in [5, 5.41) is 19.8. The van der Waals surface area contributed by atoms with Crippen molar-refractivity contribution in [3.8, 4) is 18.4 Å². The van der Waals surface area contributed by atoms with Gasteiger partial charge >= 0.3 is 6.18 Å². The summed E-state index contributed by atoms with van der Waals surface area (Å²) in [6.07, 6.45) is 6.22. The first kappa shape index (κ1) is 30.0. The van der Waals surface area contributed by atoms with Gasteiger partial charge in [-0.15, -0.1) is 12.0 Å². The number of aryl methyl sites for hydroxylation is 1. The fourth-order valence-electron chi connectivity index (χ4n) is 5.75. The van der Waals surface area contributed by atoms with Crippen LogP contribution in [0.2, 0.25) is 0 Å². The van der Waals surface area contributed by atoms with Crippen LogP contribution >= 0.6 is 0 Å². The van der Waals surface area contributed by atoms with Gasteiger partial charge in [-0.1, -0.05) is 38.8 Å². The van der Waals surface area contributed by atoms with E-state index in [0.717, 1.165) is 27.0 Å². The van der Waals surface area contributed by atoms with Gasteiger partial charge in [0.2, 0.25) is 0 Å². The quantitative estimate of drug-likeness (QED) is 0.169. The van der Waals surface area contributed by atoms with Gasteiger partial charge < -0.3 is 16.1 Å². The van der Waals surface area contributed by atoms with E-state index in [1.165, 1.54) is 6.20 Å². The van der Waals surface area contributed by atoms with E-state index < -0.39 is 17.8 Å². The molecule has 1 aliphatic carbocycles. The Morgan fingerprint density at radius 2 is 1.91 bits per heavy atom. The van der Waals surface area contributed by atoms with E-state index >= 15 is 0 Å². The molecule has 2 aliphatic rings. The molecule has 11 heteroatoms. The van der Waals surface area contributed by atoms with E-state index in [1.807, 2.05) is 37.3 Å². The average Bonchev–Trinajstić information content (AvgIpc) is 3.69. The van der Waals surface area contributed by atoms with Gasteiger partial charge in [-0.05, 0) is 60.6 Å². The maximum atomic E-state index is 14.1. The molecule has 1 aliphatic heterocycles. The van der Waals surface area contributed by atoms with Gasteiger partial charge in [-0.2, -0.15) is 18.4 Å². The topological polar surface area (TPSA) is 101 Å². The van der Waals surface area contributed by atoms with Crippen molar-refractivity contribution in [2.24, 2.45) is 5.41 Å². The molecule has 0 amide bonds. The molecule has 0 radical (unpaired) electrons. The molecule has 1 atom stereocenters. The van der Waals surface area contributed by atoms with E-state index in [4.69, 9.17) is 6.42 Å². The Bertz CT molecular complexity index is 1920. The number of hydrogen-bond acceptors (Lipinski definition) is 8. The lowest BCUT2D eigenvalue weighted by Gasteiger charge is -2.28. The first-order valence-corrected chi connectivity index (χ1v) is 14.6. The SMILES string of the molecule is C#Cc1cnc2c(C#N)cc(N[C@H](C3=CN(C4(C(F)(F)F)CC4)NN3)c3cccc4nccc(C)c34)cc2c1NCC(C)(C)C. The van der Waals surface area contributed by atoms with Crippen molar-refractivity contribution >= 4 is 33.2 Å². The monoisotopic (exact) mass is 610 g/mol. The minimum atomic E-state index is -4.41. The Hall–Kier alpha value is -5.00. The molecule has 230 valence electrons. The van der Waals surface area contributed by atoms with Gasteiger partial charge in [0.15, 0.2) is 5.54 Å². The van der Waals surface area contributed by atoms with Crippen LogP contribution < -0.4 is 21.6 Å². The number of alkyl halides is 3. The lowest BCUT2D eigenvalue weighted by atomic mass is 9.95. The van der Waals surface area contributed by atoms with Crippen molar-refractivity contribution in [1.82, 2.24) is 25.9 Å². The standard InChI is InChI=1S/C34H33F3N8/c1-6-21-17-40-30-22(16-38)14-23(15-25(30)29(21)41-19-32(3,4)5)42-31(24-8-7-9-26-28(24)20(2)10-13-39-26)27-18-45(44-43-27)33(11-12-33)34(35,36)37/h1,7-10,13-15,17-18,31,42-44H,11-12,19H2,2-5H3,(H,40,41)/t31-/m0/s1. The smallest absolute Gasteiger partial charge is 0.383 e. The molecule has 2 aromatic heterocycles. The molecule has 0 unspecified atom stereocenters. The normalized spacial score (nSPS) is 16.5. The molecule has 0 spiro atoms. The second-order valence-electron chi connectivity index (χ2n) is 12.8. The second-order valence-corrected chi connectivity index (χ2v) is 12.8. The highest BCUT2D eigenvalue weighted by atomic mass is 19.4. The second kappa shape index (κ2) is 10.9.